The van der Waals surface area contributed by atoms with Crippen LogP contribution < -0.4 is 0 Å². The van der Waals surface area contributed by atoms with Gasteiger partial charge in [0.25, 0.3) is 0 Å². The van der Waals surface area contributed by atoms with Crippen molar-refractivity contribution in [1.29, 1.82) is 0 Å². The van der Waals surface area contributed by atoms with Crippen molar-refractivity contribution in [3.63, 3.8) is 0 Å². The minimum absolute atomic E-state index is 0.427. The molecule has 0 bridgehead atoms. The Morgan fingerprint density at radius 2 is 1.33 bits per heavy atom. The number of hydrogen-bond acceptors (Lipinski definition) is 4. The standard InChI is InChI=1S/C8H12O4/c1-3-5-7(9)12-6(4-2)8(10)11-5/h5-6H,3-4H2,1-2H3/t5-,6-/m0/s1. The fourth-order valence-corrected chi connectivity index (χ4v) is 1.03. The Labute approximate surface area is 70.8 Å². The molecule has 0 aliphatic carbocycles. The third kappa shape index (κ3) is 1.57. The molecule has 0 saturated carbocycles. The Morgan fingerprint density at radius 3 is 1.58 bits per heavy atom. The number of rotatable bonds is 2. The lowest BCUT2D eigenvalue weighted by atomic mass is 10.2. The highest BCUT2D eigenvalue weighted by atomic mass is 16.6. The van der Waals surface area contributed by atoms with Crippen molar-refractivity contribution in [1.82, 2.24) is 0 Å². The topological polar surface area (TPSA) is 52.6 Å². The molecule has 1 aliphatic heterocycles. The summed E-state index contributed by atoms with van der Waals surface area (Å²) in [7, 11) is 0. The van der Waals surface area contributed by atoms with E-state index in [1.807, 2.05) is 0 Å². The summed E-state index contributed by atoms with van der Waals surface area (Å²) in [5, 5.41) is 0. The van der Waals surface area contributed by atoms with Crippen LogP contribution in [0.5, 0.6) is 0 Å². The first-order chi connectivity index (χ1) is 5.69. The lowest BCUT2D eigenvalue weighted by Gasteiger charge is -2.25. The van der Waals surface area contributed by atoms with Crippen molar-refractivity contribution in [2.45, 2.75) is 38.9 Å². The van der Waals surface area contributed by atoms with Gasteiger partial charge in [-0.15, -0.1) is 0 Å². The second-order valence-corrected chi connectivity index (χ2v) is 2.67. The Bertz CT molecular complexity index is 177. The van der Waals surface area contributed by atoms with E-state index in [0.29, 0.717) is 12.8 Å². The molecule has 1 saturated heterocycles. The van der Waals surface area contributed by atoms with Gasteiger partial charge in [0.05, 0.1) is 0 Å². The second kappa shape index (κ2) is 3.56. The zero-order valence-electron chi connectivity index (χ0n) is 7.20. The summed E-state index contributed by atoms with van der Waals surface area (Å²) in [6.45, 7) is 3.54. The molecule has 1 rings (SSSR count). The predicted octanol–water partition coefficient (Wildman–Crippen LogP) is 0.644. The van der Waals surface area contributed by atoms with Crippen LogP contribution in [0.15, 0.2) is 0 Å². The van der Waals surface area contributed by atoms with Crippen LogP contribution in [0, 0.1) is 0 Å². The summed E-state index contributed by atoms with van der Waals surface area (Å²) < 4.78 is 9.68. The Kier molecular flexibility index (Phi) is 2.68. The van der Waals surface area contributed by atoms with E-state index in [9.17, 15) is 9.59 Å². The average Bonchev–Trinajstić information content (AvgIpc) is 2.08. The molecule has 68 valence electrons. The van der Waals surface area contributed by atoms with Gasteiger partial charge in [-0.2, -0.15) is 0 Å². The summed E-state index contributed by atoms with van der Waals surface area (Å²) in [5.74, 6) is -0.854. The van der Waals surface area contributed by atoms with E-state index in [0.717, 1.165) is 0 Å². The first kappa shape index (κ1) is 9.03. The van der Waals surface area contributed by atoms with E-state index in [4.69, 9.17) is 9.47 Å². The zero-order chi connectivity index (χ0) is 9.14. The van der Waals surface area contributed by atoms with Gasteiger partial charge in [0.1, 0.15) is 0 Å². The monoisotopic (exact) mass is 172 g/mol. The van der Waals surface area contributed by atoms with Gasteiger partial charge in [0.15, 0.2) is 12.2 Å². The van der Waals surface area contributed by atoms with Crippen LogP contribution in [-0.4, -0.2) is 24.1 Å². The fraction of sp³-hybridized carbons (Fsp3) is 0.750. The highest BCUT2D eigenvalue weighted by Gasteiger charge is 2.35. The van der Waals surface area contributed by atoms with Crippen molar-refractivity contribution in [3.05, 3.63) is 0 Å². The maximum absolute atomic E-state index is 11.0. The molecule has 12 heavy (non-hydrogen) atoms. The number of hydrogen-bond donors (Lipinski definition) is 0. The highest BCUT2D eigenvalue weighted by Crippen LogP contribution is 2.14. The molecule has 0 unspecified atom stereocenters. The van der Waals surface area contributed by atoms with Gasteiger partial charge < -0.3 is 9.47 Å². The van der Waals surface area contributed by atoms with Crippen LogP contribution in [0.4, 0.5) is 0 Å². The Balaban J connectivity index is 2.61. The average molecular weight is 172 g/mol. The van der Waals surface area contributed by atoms with Gasteiger partial charge in [-0.25, -0.2) is 9.59 Å². The summed E-state index contributed by atoms with van der Waals surface area (Å²) >= 11 is 0. The summed E-state index contributed by atoms with van der Waals surface area (Å²) in [6.07, 6.45) is -0.442. The normalized spacial score (nSPS) is 29.5. The molecular weight excluding hydrogens is 160 g/mol. The molecule has 0 radical (unpaired) electrons. The third-order valence-corrected chi connectivity index (χ3v) is 1.78. The number of esters is 2. The molecule has 2 atom stereocenters. The molecule has 4 heteroatoms. The van der Waals surface area contributed by atoms with E-state index in [2.05, 4.69) is 0 Å². The number of carbonyl (C=O) groups excluding carboxylic acids is 2. The van der Waals surface area contributed by atoms with Crippen LogP contribution in [0.1, 0.15) is 26.7 Å². The molecule has 0 aromatic rings. The van der Waals surface area contributed by atoms with E-state index in [1.165, 1.54) is 0 Å². The molecule has 0 spiro atoms. The van der Waals surface area contributed by atoms with E-state index < -0.39 is 24.1 Å². The van der Waals surface area contributed by atoms with Gasteiger partial charge in [0.2, 0.25) is 0 Å². The van der Waals surface area contributed by atoms with Crippen molar-refractivity contribution < 1.29 is 19.1 Å². The van der Waals surface area contributed by atoms with Crippen LogP contribution in [0.25, 0.3) is 0 Å². The molecule has 0 N–H and O–H groups in total. The van der Waals surface area contributed by atoms with Crippen molar-refractivity contribution in [3.8, 4) is 0 Å². The van der Waals surface area contributed by atoms with Gasteiger partial charge >= 0.3 is 11.9 Å². The van der Waals surface area contributed by atoms with E-state index in [-0.39, 0.29) is 0 Å². The molecular formula is C8H12O4. The van der Waals surface area contributed by atoms with Gasteiger partial charge in [0, 0.05) is 0 Å². The lowest BCUT2D eigenvalue weighted by molar-refractivity contribution is -0.195. The van der Waals surface area contributed by atoms with E-state index >= 15 is 0 Å². The van der Waals surface area contributed by atoms with Gasteiger partial charge in [-0.3, -0.25) is 0 Å². The quantitative estimate of drug-likeness (QED) is 0.574. The minimum atomic E-state index is -0.694. The SMILES string of the molecule is CC[C@@H]1OC(=O)[C@H](CC)OC1=O. The van der Waals surface area contributed by atoms with Gasteiger partial charge in [-0.05, 0) is 12.8 Å². The molecule has 1 fully saturated rings. The van der Waals surface area contributed by atoms with Crippen molar-refractivity contribution in [2.75, 3.05) is 0 Å². The predicted molar refractivity (Wildman–Crippen MR) is 40.3 cm³/mol. The smallest absolute Gasteiger partial charge is 0.348 e. The number of ether oxygens (including phenoxy) is 2. The van der Waals surface area contributed by atoms with Gasteiger partial charge in [-0.1, -0.05) is 13.8 Å². The molecule has 0 aromatic heterocycles. The third-order valence-electron chi connectivity index (χ3n) is 1.78. The maximum atomic E-state index is 11.0. The summed E-state index contributed by atoms with van der Waals surface area (Å²) in [6, 6.07) is 0. The molecule has 1 aliphatic rings. The van der Waals surface area contributed by atoms with Crippen molar-refractivity contribution >= 4 is 11.9 Å². The number of carbonyl (C=O) groups is 2. The van der Waals surface area contributed by atoms with Crippen LogP contribution in [0.2, 0.25) is 0 Å². The minimum Gasteiger partial charge on any atom is -0.448 e. The molecule has 0 amide bonds. The maximum Gasteiger partial charge on any atom is 0.348 e. The summed E-state index contributed by atoms with van der Waals surface area (Å²) in [4.78, 5) is 22.1. The van der Waals surface area contributed by atoms with E-state index in [1.54, 1.807) is 13.8 Å². The second-order valence-electron chi connectivity index (χ2n) is 2.67. The van der Waals surface area contributed by atoms with Crippen molar-refractivity contribution in [2.24, 2.45) is 0 Å². The molecule has 0 aromatic carbocycles. The van der Waals surface area contributed by atoms with Crippen LogP contribution >= 0.6 is 0 Å². The lowest BCUT2D eigenvalue weighted by Crippen LogP contribution is -2.43. The molecule has 1 heterocycles. The Hall–Kier alpha value is -1.06. The van der Waals surface area contributed by atoms with Crippen LogP contribution in [0.3, 0.4) is 0 Å². The largest absolute Gasteiger partial charge is 0.448 e. The van der Waals surface area contributed by atoms with Crippen LogP contribution in [-0.2, 0) is 19.1 Å². The summed E-state index contributed by atoms with van der Waals surface area (Å²) in [5.41, 5.74) is 0. The zero-order valence-corrected chi connectivity index (χ0v) is 7.20. The number of cyclic esters (lactones) is 2. The molecule has 4 nitrogen and oxygen atoms in total. The first-order valence-corrected chi connectivity index (χ1v) is 4.10. The fourth-order valence-electron chi connectivity index (χ4n) is 1.03. The first-order valence-electron chi connectivity index (χ1n) is 4.10. The Morgan fingerprint density at radius 1 is 1.00 bits per heavy atom. The highest BCUT2D eigenvalue weighted by molar-refractivity contribution is 5.87.